The molecule has 1 aromatic rings. The number of hydrogen-bond donors (Lipinski definition) is 1. The van der Waals surface area contributed by atoms with Crippen LogP contribution in [0.1, 0.15) is 13.8 Å². The van der Waals surface area contributed by atoms with E-state index in [1.807, 2.05) is 44.2 Å². The average molecular weight is 165 g/mol. The van der Waals surface area contributed by atoms with Gasteiger partial charge in [-0.05, 0) is 26.0 Å². The standard InChI is InChI=1S/C10H15NO/c1-10(2,8-11)12-9-6-4-3-5-7-9/h3-7H,8,11H2,1-2H3. The van der Waals surface area contributed by atoms with Crippen molar-refractivity contribution in [2.24, 2.45) is 5.73 Å². The Labute approximate surface area is 73.3 Å². The summed E-state index contributed by atoms with van der Waals surface area (Å²) in [5, 5.41) is 0. The molecule has 12 heavy (non-hydrogen) atoms. The summed E-state index contributed by atoms with van der Waals surface area (Å²) in [6.45, 7) is 4.46. The van der Waals surface area contributed by atoms with Crippen molar-refractivity contribution >= 4 is 0 Å². The van der Waals surface area contributed by atoms with Crippen LogP contribution in [-0.4, -0.2) is 12.1 Å². The van der Waals surface area contributed by atoms with Crippen LogP contribution >= 0.6 is 0 Å². The Kier molecular flexibility index (Phi) is 2.71. The summed E-state index contributed by atoms with van der Waals surface area (Å²) in [6, 6.07) is 9.71. The van der Waals surface area contributed by atoms with Crippen LogP contribution < -0.4 is 10.5 Å². The SMILES string of the molecule is CC(C)(CN)Oc1ccccc1. The van der Waals surface area contributed by atoms with Crippen molar-refractivity contribution in [3.8, 4) is 5.75 Å². The van der Waals surface area contributed by atoms with Crippen molar-refractivity contribution < 1.29 is 4.74 Å². The molecule has 1 aromatic carbocycles. The lowest BCUT2D eigenvalue weighted by molar-refractivity contribution is 0.119. The third-order valence-electron chi connectivity index (χ3n) is 1.63. The molecule has 0 atom stereocenters. The van der Waals surface area contributed by atoms with Gasteiger partial charge < -0.3 is 10.5 Å². The Morgan fingerprint density at radius 2 is 1.83 bits per heavy atom. The Morgan fingerprint density at radius 3 is 2.33 bits per heavy atom. The quantitative estimate of drug-likeness (QED) is 0.741. The highest BCUT2D eigenvalue weighted by Gasteiger charge is 2.16. The van der Waals surface area contributed by atoms with Crippen molar-refractivity contribution in [2.75, 3.05) is 6.54 Å². The lowest BCUT2D eigenvalue weighted by Gasteiger charge is -2.24. The van der Waals surface area contributed by atoms with Gasteiger partial charge in [0, 0.05) is 6.54 Å². The molecule has 0 spiro atoms. The highest BCUT2D eigenvalue weighted by molar-refractivity contribution is 5.21. The van der Waals surface area contributed by atoms with Crippen molar-refractivity contribution in [3.05, 3.63) is 30.3 Å². The van der Waals surface area contributed by atoms with E-state index in [1.54, 1.807) is 0 Å². The predicted molar refractivity (Wildman–Crippen MR) is 50.2 cm³/mol. The van der Waals surface area contributed by atoms with E-state index in [-0.39, 0.29) is 5.60 Å². The van der Waals surface area contributed by atoms with Gasteiger partial charge in [-0.1, -0.05) is 18.2 Å². The van der Waals surface area contributed by atoms with Crippen LogP contribution in [-0.2, 0) is 0 Å². The molecule has 1 rings (SSSR count). The van der Waals surface area contributed by atoms with Gasteiger partial charge in [0.05, 0.1) is 0 Å². The van der Waals surface area contributed by atoms with E-state index in [1.165, 1.54) is 0 Å². The predicted octanol–water partition coefficient (Wildman–Crippen LogP) is 1.80. The average Bonchev–Trinajstić information content (AvgIpc) is 2.06. The molecule has 0 heterocycles. The largest absolute Gasteiger partial charge is 0.487 e. The van der Waals surface area contributed by atoms with E-state index in [0.717, 1.165) is 5.75 Å². The van der Waals surface area contributed by atoms with E-state index in [2.05, 4.69) is 0 Å². The van der Waals surface area contributed by atoms with Gasteiger partial charge in [0.2, 0.25) is 0 Å². The number of hydrogen-bond acceptors (Lipinski definition) is 2. The third kappa shape index (κ3) is 2.55. The Bertz CT molecular complexity index is 231. The molecule has 2 nitrogen and oxygen atoms in total. The maximum Gasteiger partial charge on any atom is 0.120 e. The fourth-order valence-electron chi connectivity index (χ4n) is 0.849. The maximum absolute atomic E-state index is 5.63. The van der Waals surface area contributed by atoms with Crippen LogP contribution in [0.2, 0.25) is 0 Å². The minimum absolute atomic E-state index is 0.276. The Balaban J connectivity index is 2.64. The molecule has 0 aromatic heterocycles. The fourth-order valence-corrected chi connectivity index (χ4v) is 0.849. The number of nitrogens with two attached hydrogens (primary N) is 1. The molecule has 2 N–H and O–H groups in total. The minimum Gasteiger partial charge on any atom is -0.487 e. The molecular formula is C10H15NO. The van der Waals surface area contributed by atoms with Gasteiger partial charge >= 0.3 is 0 Å². The molecule has 0 radical (unpaired) electrons. The first-order valence-electron chi connectivity index (χ1n) is 4.08. The minimum atomic E-state index is -0.276. The second kappa shape index (κ2) is 3.59. The first-order valence-corrected chi connectivity index (χ1v) is 4.08. The molecule has 0 saturated carbocycles. The summed E-state index contributed by atoms with van der Waals surface area (Å²) in [5.74, 6) is 0.868. The molecule has 2 heteroatoms. The van der Waals surface area contributed by atoms with Crippen LogP contribution in [0.25, 0.3) is 0 Å². The van der Waals surface area contributed by atoms with Crippen LogP contribution in [0.4, 0.5) is 0 Å². The number of ether oxygens (including phenoxy) is 1. The molecule has 0 bridgehead atoms. The monoisotopic (exact) mass is 165 g/mol. The third-order valence-corrected chi connectivity index (χ3v) is 1.63. The van der Waals surface area contributed by atoms with Crippen LogP contribution in [0, 0.1) is 0 Å². The summed E-state index contributed by atoms with van der Waals surface area (Å²) < 4.78 is 5.63. The lowest BCUT2D eigenvalue weighted by Crippen LogP contribution is -2.37. The number of benzene rings is 1. The molecular weight excluding hydrogens is 150 g/mol. The normalized spacial score (nSPS) is 11.2. The summed E-state index contributed by atoms with van der Waals surface area (Å²) >= 11 is 0. The van der Waals surface area contributed by atoms with E-state index < -0.39 is 0 Å². The highest BCUT2D eigenvalue weighted by atomic mass is 16.5. The first-order chi connectivity index (χ1) is 5.64. The number of para-hydroxylation sites is 1. The Morgan fingerprint density at radius 1 is 1.25 bits per heavy atom. The van der Waals surface area contributed by atoms with Gasteiger partial charge in [-0.2, -0.15) is 0 Å². The molecule has 0 aliphatic rings. The molecule has 0 aliphatic heterocycles. The summed E-state index contributed by atoms with van der Waals surface area (Å²) in [4.78, 5) is 0. The van der Waals surface area contributed by atoms with E-state index in [9.17, 15) is 0 Å². The zero-order valence-corrected chi connectivity index (χ0v) is 7.58. The summed E-state index contributed by atoms with van der Waals surface area (Å²) in [5.41, 5.74) is 5.25. The fraction of sp³-hybridized carbons (Fsp3) is 0.400. The van der Waals surface area contributed by atoms with Gasteiger partial charge in [-0.25, -0.2) is 0 Å². The molecule has 0 saturated heterocycles. The molecule has 66 valence electrons. The smallest absolute Gasteiger partial charge is 0.120 e. The molecule has 0 unspecified atom stereocenters. The summed E-state index contributed by atoms with van der Waals surface area (Å²) in [6.07, 6.45) is 0. The van der Waals surface area contributed by atoms with Crippen molar-refractivity contribution in [3.63, 3.8) is 0 Å². The molecule has 0 aliphatic carbocycles. The van der Waals surface area contributed by atoms with E-state index >= 15 is 0 Å². The maximum atomic E-state index is 5.63. The van der Waals surface area contributed by atoms with Gasteiger partial charge in [0.1, 0.15) is 11.4 Å². The highest BCUT2D eigenvalue weighted by Crippen LogP contribution is 2.16. The Hall–Kier alpha value is -1.02. The van der Waals surface area contributed by atoms with Gasteiger partial charge in [-0.3, -0.25) is 0 Å². The van der Waals surface area contributed by atoms with Crippen molar-refractivity contribution in [1.82, 2.24) is 0 Å². The second-order valence-corrected chi connectivity index (χ2v) is 3.38. The van der Waals surface area contributed by atoms with Crippen LogP contribution in [0.5, 0.6) is 5.75 Å². The van der Waals surface area contributed by atoms with Crippen molar-refractivity contribution in [2.45, 2.75) is 19.4 Å². The van der Waals surface area contributed by atoms with Gasteiger partial charge in [0.15, 0.2) is 0 Å². The number of rotatable bonds is 3. The second-order valence-electron chi connectivity index (χ2n) is 3.38. The van der Waals surface area contributed by atoms with Gasteiger partial charge in [0.25, 0.3) is 0 Å². The summed E-state index contributed by atoms with van der Waals surface area (Å²) in [7, 11) is 0. The topological polar surface area (TPSA) is 35.2 Å². The lowest BCUT2D eigenvalue weighted by atomic mass is 10.1. The molecule has 0 amide bonds. The van der Waals surface area contributed by atoms with Gasteiger partial charge in [-0.15, -0.1) is 0 Å². The van der Waals surface area contributed by atoms with E-state index in [0.29, 0.717) is 6.54 Å². The van der Waals surface area contributed by atoms with Crippen LogP contribution in [0.15, 0.2) is 30.3 Å². The van der Waals surface area contributed by atoms with E-state index in [4.69, 9.17) is 10.5 Å². The van der Waals surface area contributed by atoms with Crippen LogP contribution in [0.3, 0.4) is 0 Å². The zero-order valence-electron chi connectivity index (χ0n) is 7.58. The van der Waals surface area contributed by atoms with Crippen molar-refractivity contribution in [1.29, 1.82) is 0 Å². The molecule has 0 fully saturated rings. The zero-order chi connectivity index (χ0) is 9.03. The first kappa shape index (κ1) is 9.07.